The van der Waals surface area contributed by atoms with Crippen LogP contribution in [0.15, 0.2) is 66.7 Å². The topological polar surface area (TPSA) is 0 Å². The summed E-state index contributed by atoms with van der Waals surface area (Å²) in [7, 11) is 0. The van der Waals surface area contributed by atoms with E-state index in [0.29, 0.717) is 5.56 Å². The standard InChI is InChI=1S/C16H11F/c17-16-11-15(12-7-3-1-4-8-12)13-9-5-2-6-10-14(13)16/h1-11H. The molecule has 0 heterocycles. The van der Waals surface area contributed by atoms with E-state index in [-0.39, 0.29) is 5.82 Å². The minimum absolute atomic E-state index is 0.157. The van der Waals surface area contributed by atoms with Crippen molar-refractivity contribution in [2.45, 2.75) is 0 Å². The highest BCUT2D eigenvalue weighted by atomic mass is 19.1. The summed E-state index contributed by atoms with van der Waals surface area (Å²) in [6.07, 6.45) is 0. The third-order valence-corrected chi connectivity index (χ3v) is 2.94. The van der Waals surface area contributed by atoms with Gasteiger partial charge in [-0.25, -0.2) is 4.39 Å². The van der Waals surface area contributed by atoms with Crippen LogP contribution in [0.3, 0.4) is 0 Å². The molecule has 0 saturated heterocycles. The molecule has 17 heavy (non-hydrogen) atoms. The van der Waals surface area contributed by atoms with Crippen molar-refractivity contribution in [3.05, 3.63) is 72.5 Å². The van der Waals surface area contributed by atoms with Crippen molar-refractivity contribution in [1.29, 1.82) is 0 Å². The van der Waals surface area contributed by atoms with E-state index in [0.717, 1.165) is 16.7 Å². The Kier molecular flexibility index (Phi) is 2.37. The van der Waals surface area contributed by atoms with E-state index in [1.54, 1.807) is 6.07 Å². The number of halogens is 1. The summed E-state index contributed by atoms with van der Waals surface area (Å²) in [5.41, 5.74) is 3.63. The summed E-state index contributed by atoms with van der Waals surface area (Å²) in [5.74, 6) is -0.157. The second-order valence-corrected chi connectivity index (χ2v) is 4.01. The number of hydrogen-bond donors (Lipinski definition) is 0. The Bertz CT molecular complexity index is 614. The summed E-state index contributed by atoms with van der Waals surface area (Å²) in [6.45, 7) is 0. The number of fused-ring (bicyclic) bond motifs is 1. The van der Waals surface area contributed by atoms with E-state index in [1.165, 1.54) is 0 Å². The Hall–Kier alpha value is -2.15. The molecule has 0 fully saturated rings. The Morgan fingerprint density at radius 3 is 1.88 bits per heavy atom. The van der Waals surface area contributed by atoms with Gasteiger partial charge in [-0.2, -0.15) is 0 Å². The molecule has 1 aromatic rings. The van der Waals surface area contributed by atoms with Crippen LogP contribution in [0.2, 0.25) is 0 Å². The highest BCUT2D eigenvalue weighted by molar-refractivity contribution is 5.86. The van der Waals surface area contributed by atoms with Gasteiger partial charge < -0.3 is 0 Å². The molecule has 0 radical (unpaired) electrons. The highest BCUT2D eigenvalue weighted by Gasteiger charge is 2.15. The zero-order valence-electron chi connectivity index (χ0n) is 9.23. The van der Waals surface area contributed by atoms with Crippen LogP contribution in [0.25, 0.3) is 22.3 Å². The van der Waals surface area contributed by atoms with Crippen LogP contribution < -0.4 is 0 Å². The van der Waals surface area contributed by atoms with Crippen molar-refractivity contribution in [3.63, 3.8) is 0 Å². The lowest BCUT2D eigenvalue weighted by Gasteiger charge is -2.00. The van der Waals surface area contributed by atoms with E-state index in [9.17, 15) is 4.39 Å². The number of benzene rings is 1. The average Bonchev–Trinajstić information content (AvgIpc) is 2.57. The molecule has 2 aliphatic carbocycles. The minimum Gasteiger partial charge on any atom is -0.206 e. The van der Waals surface area contributed by atoms with Crippen LogP contribution in [0, 0.1) is 5.82 Å². The predicted molar refractivity (Wildman–Crippen MR) is 68.5 cm³/mol. The second kappa shape index (κ2) is 4.02. The summed E-state index contributed by atoms with van der Waals surface area (Å²) in [4.78, 5) is 0. The van der Waals surface area contributed by atoms with Gasteiger partial charge in [-0.15, -0.1) is 0 Å². The van der Waals surface area contributed by atoms with Crippen molar-refractivity contribution < 1.29 is 4.39 Å². The molecule has 1 aromatic carbocycles. The van der Waals surface area contributed by atoms with E-state index in [4.69, 9.17) is 0 Å². The van der Waals surface area contributed by atoms with Crippen LogP contribution in [0.1, 0.15) is 0 Å². The summed E-state index contributed by atoms with van der Waals surface area (Å²) in [5, 5.41) is 0. The lowest BCUT2D eigenvalue weighted by Crippen LogP contribution is -1.75. The lowest BCUT2D eigenvalue weighted by molar-refractivity contribution is 0.636. The fourth-order valence-electron chi connectivity index (χ4n) is 2.13. The molecular weight excluding hydrogens is 211 g/mol. The van der Waals surface area contributed by atoms with Crippen molar-refractivity contribution in [1.82, 2.24) is 0 Å². The molecule has 0 bridgehead atoms. The normalized spacial score (nSPS) is 10.6. The van der Waals surface area contributed by atoms with E-state index in [2.05, 4.69) is 0 Å². The maximum absolute atomic E-state index is 13.9. The highest BCUT2D eigenvalue weighted by Crippen LogP contribution is 2.37. The first-order chi connectivity index (χ1) is 8.36. The van der Waals surface area contributed by atoms with Crippen molar-refractivity contribution in [3.8, 4) is 22.3 Å². The monoisotopic (exact) mass is 222 g/mol. The SMILES string of the molecule is Fc1cc(-c2ccccc2)c2cccccc1-2. The molecule has 0 atom stereocenters. The molecular formula is C16H11F. The van der Waals surface area contributed by atoms with Crippen molar-refractivity contribution in [2.75, 3.05) is 0 Å². The fraction of sp³-hybridized carbons (Fsp3) is 0. The van der Waals surface area contributed by atoms with Gasteiger partial charge in [-0.3, -0.25) is 0 Å². The largest absolute Gasteiger partial charge is 0.206 e. The second-order valence-electron chi connectivity index (χ2n) is 4.01. The Labute approximate surface area is 99.7 Å². The van der Waals surface area contributed by atoms with Gasteiger partial charge in [0.15, 0.2) is 0 Å². The smallest absolute Gasteiger partial charge is 0.131 e. The molecule has 82 valence electrons. The third-order valence-electron chi connectivity index (χ3n) is 2.94. The predicted octanol–water partition coefficient (Wildman–Crippen LogP) is 4.60. The van der Waals surface area contributed by atoms with E-state index >= 15 is 0 Å². The van der Waals surface area contributed by atoms with Crippen molar-refractivity contribution >= 4 is 0 Å². The molecule has 0 spiro atoms. The van der Waals surface area contributed by atoms with Gasteiger partial charge in [-0.05, 0) is 22.8 Å². The zero-order chi connectivity index (χ0) is 11.7. The Morgan fingerprint density at radius 2 is 1.18 bits per heavy atom. The summed E-state index contributed by atoms with van der Waals surface area (Å²) < 4.78 is 13.9. The molecule has 0 nitrogen and oxygen atoms in total. The van der Waals surface area contributed by atoms with Crippen LogP contribution in [0.4, 0.5) is 4.39 Å². The summed E-state index contributed by atoms with van der Waals surface area (Å²) in [6, 6.07) is 21.0. The Balaban J connectivity index is 2.28. The molecule has 0 amide bonds. The number of hydrogen-bond acceptors (Lipinski definition) is 0. The van der Waals surface area contributed by atoms with Gasteiger partial charge in [0, 0.05) is 5.56 Å². The van der Waals surface area contributed by atoms with Gasteiger partial charge in [0.1, 0.15) is 5.82 Å². The summed E-state index contributed by atoms with van der Waals surface area (Å²) >= 11 is 0. The first-order valence-corrected chi connectivity index (χ1v) is 5.59. The lowest BCUT2D eigenvalue weighted by atomic mass is 10.0. The van der Waals surface area contributed by atoms with Crippen molar-refractivity contribution in [2.24, 2.45) is 0 Å². The fourth-order valence-corrected chi connectivity index (χ4v) is 2.13. The molecule has 0 unspecified atom stereocenters. The maximum Gasteiger partial charge on any atom is 0.131 e. The zero-order valence-corrected chi connectivity index (χ0v) is 9.23. The van der Waals surface area contributed by atoms with Gasteiger partial charge in [-0.1, -0.05) is 60.7 Å². The van der Waals surface area contributed by atoms with E-state index < -0.39 is 0 Å². The maximum atomic E-state index is 13.9. The van der Waals surface area contributed by atoms with E-state index in [1.807, 2.05) is 60.7 Å². The molecule has 2 aliphatic rings. The molecule has 3 rings (SSSR count). The average molecular weight is 222 g/mol. The first-order valence-electron chi connectivity index (χ1n) is 5.59. The molecule has 0 saturated carbocycles. The van der Waals surface area contributed by atoms with Crippen LogP contribution in [-0.2, 0) is 0 Å². The molecule has 0 aromatic heterocycles. The van der Waals surface area contributed by atoms with Gasteiger partial charge in [0.2, 0.25) is 0 Å². The van der Waals surface area contributed by atoms with Gasteiger partial charge in [0.25, 0.3) is 0 Å². The quantitative estimate of drug-likeness (QED) is 0.564. The molecule has 0 N–H and O–H groups in total. The first kappa shape index (κ1) is 10.0. The van der Waals surface area contributed by atoms with Gasteiger partial charge >= 0.3 is 0 Å². The van der Waals surface area contributed by atoms with Crippen LogP contribution in [0.5, 0.6) is 0 Å². The minimum atomic E-state index is -0.157. The Morgan fingerprint density at radius 1 is 0.588 bits per heavy atom. The van der Waals surface area contributed by atoms with Crippen LogP contribution in [-0.4, -0.2) is 0 Å². The molecule has 0 aliphatic heterocycles. The third kappa shape index (κ3) is 1.70. The van der Waals surface area contributed by atoms with Gasteiger partial charge in [0.05, 0.1) is 0 Å². The number of rotatable bonds is 1. The molecule has 1 heteroatoms. The van der Waals surface area contributed by atoms with Crippen LogP contribution >= 0.6 is 0 Å².